The summed E-state index contributed by atoms with van der Waals surface area (Å²) < 4.78 is 0. The van der Waals surface area contributed by atoms with Crippen LogP contribution in [0.25, 0.3) is 10.8 Å². The first-order valence-corrected chi connectivity index (χ1v) is 6.88. The van der Waals surface area contributed by atoms with Crippen molar-refractivity contribution >= 4 is 33.9 Å². The summed E-state index contributed by atoms with van der Waals surface area (Å²) in [7, 11) is 0. The van der Waals surface area contributed by atoms with E-state index < -0.39 is 0 Å². The SMILES string of the molecule is CC(C)(CNC(=O)c1ccc2ccccc2c1)C(N)=S. The molecular weight excluding hydrogens is 268 g/mol. The number of nitrogens with two attached hydrogens (primary N) is 1. The first-order chi connectivity index (χ1) is 9.40. The fourth-order valence-electron chi connectivity index (χ4n) is 1.82. The Morgan fingerprint density at radius 1 is 1.20 bits per heavy atom. The molecule has 0 saturated heterocycles. The largest absolute Gasteiger partial charge is 0.393 e. The van der Waals surface area contributed by atoms with Gasteiger partial charge in [-0.15, -0.1) is 0 Å². The van der Waals surface area contributed by atoms with E-state index in [1.165, 1.54) is 0 Å². The summed E-state index contributed by atoms with van der Waals surface area (Å²) in [5.41, 5.74) is 5.90. The average molecular weight is 286 g/mol. The van der Waals surface area contributed by atoms with Gasteiger partial charge in [0.15, 0.2) is 0 Å². The molecule has 0 radical (unpaired) electrons. The maximum Gasteiger partial charge on any atom is 0.251 e. The van der Waals surface area contributed by atoms with Crippen LogP contribution >= 0.6 is 12.2 Å². The fourth-order valence-corrected chi connectivity index (χ4v) is 1.89. The van der Waals surface area contributed by atoms with Crippen LogP contribution in [-0.2, 0) is 0 Å². The van der Waals surface area contributed by atoms with Crippen LogP contribution < -0.4 is 11.1 Å². The first-order valence-electron chi connectivity index (χ1n) is 6.47. The molecule has 20 heavy (non-hydrogen) atoms. The van der Waals surface area contributed by atoms with Gasteiger partial charge in [0.1, 0.15) is 0 Å². The number of nitrogens with one attached hydrogen (secondary N) is 1. The normalized spacial score (nSPS) is 11.3. The van der Waals surface area contributed by atoms with Crippen LogP contribution in [0.4, 0.5) is 0 Å². The molecular formula is C16H18N2OS. The highest BCUT2D eigenvalue weighted by Crippen LogP contribution is 2.17. The van der Waals surface area contributed by atoms with Gasteiger partial charge >= 0.3 is 0 Å². The van der Waals surface area contributed by atoms with Gasteiger partial charge in [-0.1, -0.05) is 56.4 Å². The number of amides is 1. The van der Waals surface area contributed by atoms with Crippen LogP contribution in [0.15, 0.2) is 42.5 Å². The van der Waals surface area contributed by atoms with E-state index in [4.69, 9.17) is 18.0 Å². The highest BCUT2D eigenvalue weighted by molar-refractivity contribution is 7.80. The lowest BCUT2D eigenvalue weighted by molar-refractivity contribution is 0.0945. The monoisotopic (exact) mass is 286 g/mol. The van der Waals surface area contributed by atoms with Gasteiger partial charge in [-0.3, -0.25) is 4.79 Å². The van der Waals surface area contributed by atoms with Crippen molar-refractivity contribution in [2.24, 2.45) is 11.1 Å². The molecule has 0 unspecified atom stereocenters. The Morgan fingerprint density at radius 2 is 1.85 bits per heavy atom. The molecule has 0 aliphatic rings. The molecule has 0 saturated carbocycles. The molecule has 104 valence electrons. The maximum atomic E-state index is 12.2. The lowest BCUT2D eigenvalue weighted by Gasteiger charge is -2.23. The van der Waals surface area contributed by atoms with E-state index in [-0.39, 0.29) is 11.3 Å². The molecule has 0 fully saturated rings. The van der Waals surface area contributed by atoms with Gasteiger partial charge in [-0.2, -0.15) is 0 Å². The van der Waals surface area contributed by atoms with E-state index in [1.54, 1.807) is 0 Å². The second-order valence-electron chi connectivity index (χ2n) is 5.49. The molecule has 2 rings (SSSR count). The third-order valence-corrected chi connectivity index (χ3v) is 3.92. The van der Waals surface area contributed by atoms with Crippen molar-refractivity contribution < 1.29 is 4.79 Å². The minimum Gasteiger partial charge on any atom is -0.393 e. The maximum absolute atomic E-state index is 12.2. The van der Waals surface area contributed by atoms with E-state index in [9.17, 15) is 4.79 Å². The van der Waals surface area contributed by atoms with Crippen molar-refractivity contribution in [1.29, 1.82) is 0 Å². The Morgan fingerprint density at radius 3 is 2.50 bits per heavy atom. The van der Waals surface area contributed by atoms with Crippen LogP contribution in [0.5, 0.6) is 0 Å². The quantitative estimate of drug-likeness (QED) is 0.850. The first kappa shape index (κ1) is 14.5. The van der Waals surface area contributed by atoms with E-state index >= 15 is 0 Å². The Bertz CT molecular complexity index is 664. The number of hydrogen-bond donors (Lipinski definition) is 2. The molecule has 0 atom stereocenters. The molecule has 0 aliphatic heterocycles. The third kappa shape index (κ3) is 3.14. The number of fused-ring (bicyclic) bond motifs is 1. The molecule has 0 bridgehead atoms. The summed E-state index contributed by atoms with van der Waals surface area (Å²) in [6, 6.07) is 13.6. The summed E-state index contributed by atoms with van der Waals surface area (Å²) in [6.45, 7) is 4.25. The van der Waals surface area contributed by atoms with Crippen molar-refractivity contribution in [2.45, 2.75) is 13.8 Å². The fraction of sp³-hybridized carbons (Fsp3) is 0.250. The van der Waals surface area contributed by atoms with Gasteiger partial charge < -0.3 is 11.1 Å². The summed E-state index contributed by atoms with van der Waals surface area (Å²) in [4.78, 5) is 12.6. The Labute approximate surface area is 124 Å². The molecule has 1 amide bonds. The van der Waals surface area contributed by atoms with Gasteiger partial charge in [-0.25, -0.2) is 0 Å². The molecule has 0 aliphatic carbocycles. The van der Waals surface area contributed by atoms with E-state index in [0.717, 1.165) is 10.8 Å². The molecule has 0 spiro atoms. The van der Waals surface area contributed by atoms with Crippen LogP contribution in [0, 0.1) is 5.41 Å². The zero-order chi connectivity index (χ0) is 14.8. The number of rotatable bonds is 4. The van der Waals surface area contributed by atoms with Crippen molar-refractivity contribution in [2.75, 3.05) is 6.54 Å². The number of carbonyl (C=O) groups excluding carboxylic acids is 1. The van der Waals surface area contributed by atoms with Gasteiger partial charge in [0.25, 0.3) is 5.91 Å². The summed E-state index contributed by atoms with van der Waals surface area (Å²) in [5, 5.41) is 5.05. The van der Waals surface area contributed by atoms with Crippen molar-refractivity contribution in [1.82, 2.24) is 5.32 Å². The molecule has 3 N–H and O–H groups in total. The second kappa shape index (κ2) is 5.59. The van der Waals surface area contributed by atoms with Crippen LogP contribution in [0.3, 0.4) is 0 Å². The van der Waals surface area contributed by atoms with Gasteiger partial charge in [0, 0.05) is 17.5 Å². The minimum absolute atomic E-state index is 0.111. The zero-order valence-corrected chi connectivity index (χ0v) is 12.5. The topological polar surface area (TPSA) is 55.1 Å². The van der Waals surface area contributed by atoms with Crippen LogP contribution in [-0.4, -0.2) is 17.4 Å². The Balaban J connectivity index is 2.14. The molecule has 2 aromatic rings. The molecule has 0 aromatic heterocycles. The Kier molecular flexibility index (Phi) is 4.04. The zero-order valence-electron chi connectivity index (χ0n) is 11.6. The van der Waals surface area contributed by atoms with Crippen LogP contribution in [0.2, 0.25) is 0 Å². The number of thiocarbonyl (C=S) groups is 1. The lowest BCUT2D eigenvalue weighted by atomic mass is 9.93. The highest BCUT2D eigenvalue weighted by atomic mass is 32.1. The van der Waals surface area contributed by atoms with Crippen LogP contribution in [0.1, 0.15) is 24.2 Å². The van der Waals surface area contributed by atoms with Gasteiger partial charge in [0.05, 0.1) is 4.99 Å². The number of carbonyl (C=O) groups is 1. The Hall–Kier alpha value is -1.94. The van der Waals surface area contributed by atoms with Crippen molar-refractivity contribution in [3.8, 4) is 0 Å². The smallest absolute Gasteiger partial charge is 0.251 e. The summed E-state index contributed by atoms with van der Waals surface area (Å²) in [5.74, 6) is -0.111. The molecule has 2 aromatic carbocycles. The predicted octanol–water partition coefficient (Wildman–Crippen LogP) is 2.88. The van der Waals surface area contributed by atoms with E-state index in [0.29, 0.717) is 17.1 Å². The number of benzene rings is 2. The lowest BCUT2D eigenvalue weighted by Crippen LogP contribution is -2.41. The third-order valence-electron chi connectivity index (χ3n) is 3.37. The van der Waals surface area contributed by atoms with Crippen molar-refractivity contribution in [3.05, 3.63) is 48.0 Å². The second-order valence-corrected chi connectivity index (χ2v) is 5.93. The summed E-state index contributed by atoms with van der Waals surface area (Å²) >= 11 is 4.99. The van der Waals surface area contributed by atoms with Gasteiger partial charge in [-0.05, 0) is 22.9 Å². The van der Waals surface area contributed by atoms with E-state index in [1.807, 2.05) is 56.3 Å². The molecule has 0 heterocycles. The standard InChI is InChI=1S/C16H18N2OS/c1-16(2,15(17)20)10-18-14(19)13-8-7-11-5-3-4-6-12(11)9-13/h3-9H,10H2,1-2H3,(H2,17,20)(H,18,19). The number of hydrogen-bond acceptors (Lipinski definition) is 2. The van der Waals surface area contributed by atoms with E-state index in [2.05, 4.69) is 5.32 Å². The van der Waals surface area contributed by atoms with Gasteiger partial charge in [0.2, 0.25) is 0 Å². The summed E-state index contributed by atoms with van der Waals surface area (Å²) in [6.07, 6.45) is 0. The molecule has 3 nitrogen and oxygen atoms in total. The van der Waals surface area contributed by atoms with Crippen molar-refractivity contribution in [3.63, 3.8) is 0 Å². The highest BCUT2D eigenvalue weighted by Gasteiger charge is 2.22. The predicted molar refractivity (Wildman–Crippen MR) is 86.8 cm³/mol. The average Bonchev–Trinajstić information content (AvgIpc) is 2.44. The minimum atomic E-state index is -0.387. The molecule has 4 heteroatoms.